The van der Waals surface area contributed by atoms with Gasteiger partial charge in [0.05, 0.1) is 6.61 Å². The van der Waals surface area contributed by atoms with Crippen molar-refractivity contribution in [1.29, 1.82) is 0 Å². The van der Waals surface area contributed by atoms with Gasteiger partial charge in [-0.15, -0.1) is 0 Å². The molecule has 2 heterocycles. The highest BCUT2D eigenvalue weighted by molar-refractivity contribution is 7.46. The van der Waals surface area contributed by atoms with Crippen LogP contribution in [0.25, 0.3) is 0 Å². The van der Waals surface area contributed by atoms with E-state index in [1.54, 1.807) is 0 Å². The summed E-state index contributed by atoms with van der Waals surface area (Å²) in [6.07, 6.45) is 12.1. The van der Waals surface area contributed by atoms with E-state index < -0.39 is 26.4 Å². The summed E-state index contributed by atoms with van der Waals surface area (Å²) >= 11 is 0. The summed E-state index contributed by atoms with van der Waals surface area (Å²) in [7, 11) is -4.73. The molecule has 4 N–H and O–H groups in total. The van der Waals surface area contributed by atoms with Gasteiger partial charge in [0.25, 0.3) is 0 Å². The van der Waals surface area contributed by atoms with Gasteiger partial charge in [-0.1, -0.05) is 39.2 Å². The zero-order valence-electron chi connectivity index (χ0n) is 28.1. The lowest BCUT2D eigenvalue weighted by Crippen LogP contribution is -2.49. The summed E-state index contributed by atoms with van der Waals surface area (Å²) in [6.45, 7) is 7.76. The van der Waals surface area contributed by atoms with Crippen molar-refractivity contribution in [2.24, 2.45) is 28.9 Å². The van der Waals surface area contributed by atoms with Crippen LogP contribution in [0.4, 0.5) is 4.79 Å². The molecule has 2 aliphatic heterocycles. The molecule has 1 aromatic carbocycles. The van der Waals surface area contributed by atoms with Crippen molar-refractivity contribution in [2.75, 3.05) is 32.8 Å². The number of phosphoric ester groups is 1. The van der Waals surface area contributed by atoms with Gasteiger partial charge in [-0.2, -0.15) is 0 Å². The molecule has 0 bridgehead atoms. The third-order valence-electron chi connectivity index (χ3n) is 12.3. The lowest BCUT2D eigenvalue weighted by atomic mass is 9.52. The van der Waals surface area contributed by atoms with Crippen molar-refractivity contribution in [3.63, 3.8) is 0 Å². The van der Waals surface area contributed by atoms with Crippen LogP contribution in [0, 0.1) is 23.2 Å². The fourth-order valence-electron chi connectivity index (χ4n) is 9.96. The van der Waals surface area contributed by atoms with Crippen LogP contribution in [0.3, 0.4) is 0 Å². The van der Waals surface area contributed by atoms with Crippen LogP contribution < -0.4 is 10.5 Å². The van der Waals surface area contributed by atoms with Gasteiger partial charge in [-0.25, -0.2) is 9.36 Å². The molecule has 7 atom stereocenters. The molecule has 2 saturated carbocycles. The first kappa shape index (κ1) is 34.8. The van der Waals surface area contributed by atoms with E-state index in [9.17, 15) is 14.2 Å². The summed E-state index contributed by atoms with van der Waals surface area (Å²) in [5.41, 5.74) is 8.34. The van der Waals surface area contributed by atoms with Gasteiger partial charge in [-0.3, -0.25) is 9.32 Å². The van der Waals surface area contributed by atoms with Crippen molar-refractivity contribution in [1.82, 2.24) is 9.80 Å². The van der Waals surface area contributed by atoms with Crippen molar-refractivity contribution in [2.45, 2.75) is 115 Å². The fourth-order valence-corrected chi connectivity index (χ4v) is 10.3. The number of amides is 1. The molecule has 47 heavy (non-hydrogen) atoms. The summed E-state index contributed by atoms with van der Waals surface area (Å²) in [4.78, 5) is 48.5. The predicted octanol–water partition coefficient (Wildman–Crippen LogP) is 5.37. The average molecular weight is 676 g/mol. The zero-order chi connectivity index (χ0) is 33.3. The number of phosphoric acid groups is 1. The van der Waals surface area contributed by atoms with E-state index in [1.807, 2.05) is 11.0 Å². The molecule has 11 nitrogen and oxygen atoms in total. The molecule has 1 amide bonds. The van der Waals surface area contributed by atoms with Gasteiger partial charge < -0.3 is 34.8 Å². The summed E-state index contributed by atoms with van der Waals surface area (Å²) in [5.74, 6) is 1.69. The fraction of sp³-hybridized carbons (Fsp3) is 0.771. The topological polar surface area (TPSA) is 152 Å². The number of benzene rings is 1. The first-order valence-corrected chi connectivity index (χ1v) is 19.5. The van der Waals surface area contributed by atoms with Gasteiger partial charge in [0, 0.05) is 24.5 Å². The standard InChI is InChI=1S/C35H54N3O8P/c1-3-7-23-20-24-21-26(45-34(40)38-18-13-25(14-19-38)37-16-5-4-6-17-37)8-9-27(24)28-12-15-35(2)29(32(23)28)10-11-31(35)46-33(39)30(36)22-44-47(41,42)43/h8-9,21,23,25,28-32H,3-7,10-20,22,36H2,1-2H3,(H2,41,42,43)/t23-,28-,29+,30+,31+,32-,35+/m1/s1. The van der Waals surface area contributed by atoms with Crippen LogP contribution >= 0.6 is 7.82 Å². The summed E-state index contributed by atoms with van der Waals surface area (Å²) < 4.78 is 27.5. The van der Waals surface area contributed by atoms with Crippen molar-refractivity contribution in [3.05, 3.63) is 29.3 Å². The molecule has 2 saturated heterocycles. The number of carbonyl (C=O) groups excluding carboxylic acids is 2. The van der Waals surface area contributed by atoms with Gasteiger partial charge >= 0.3 is 19.9 Å². The minimum atomic E-state index is -4.73. The Bertz CT molecular complexity index is 1330. The molecule has 0 aromatic heterocycles. The van der Waals surface area contributed by atoms with Crippen LogP contribution in [0.5, 0.6) is 5.75 Å². The summed E-state index contributed by atoms with van der Waals surface area (Å²) in [6, 6.07) is 5.60. The Hall–Kier alpha value is -2.01. The molecule has 12 heteroatoms. The Labute approximate surface area is 279 Å². The number of fused-ring (bicyclic) bond motifs is 5. The van der Waals surface area contributed by atoms with Crippen LogP contribution in [0.2, 0.25) is 0 Å². The molecule has 5 aliphatic rings. The van der Waals surface area contributed by atoms with Gasteiger partial charge in [0.15, 0.2) is 0 Å². The molecule has 262 valence electrons. The molecule has 3 aliphatic carbocycles. The maximum absolute atomic E-state index is 13.2. The number of ether oxygens (including phenoxy) is 2. The van der Waals surface area contributed by atoms with Crippen molar-refractivity contribution in [3.8, 4) is 5.75 Å². The second kappa shape index (κ2) is 14.5. The van der Waals surface area contributed by atoms with E-state index in [0.717, 1.165) is 70.9 Å². The van der Waals surface area contributed by atoms with Crippen LogP contribution in [0.1, 0.15) is 102 Å². The number of esters is 1. The van der Waals surface area contributed by atoms with E-state index in [0.29, 0.717) is 35.5 Å². The van der Waals surface area contributed by atoms with E-state index in [1.165, 1.54) is 43.5 Å². The second-order valence-electron chi connectivity index (χ2n) is 15.0. The van der Waals surface area contributed by atoms with Gasteiger partial charge in [-0.05, 0) is 118 Å². The zero-order valence-corrected chi connectivity index (χ0v) is 29.0. The first-order chi connectivity index (χ1) is 22.5. The number of nitrogens with zero attached hydrogens (tertiary/aromatic N) is 2. The highest BCUT2D eigenvalue weighted by atomic mass is 31.2. The number of rotatable bonds is 9. The monoisotopic (exact) mass is 675 g/mol. The van der Waals surface area contributed by atoms with E-state index >= 15 is 0 Å². The number of likely N-dealkylation sites (tertiary alicyclic amines) is 2. The number of nitrogens with two attached hydrogens (primary N) is 1. The Balaban J connectivity index is 1.10. The normalized spacial score (nSPS) is 32.2. The quantitative estimate of drug-likeness (QED) is 0.230. The predicted molar refractivity (Wildman–Crippen MR) is 177 cm³/mol. The number of hydrogen-bond donors (Lipinski definition) is 3. The third kappa shape index (κ3) is 7.60. The Kier molecular flexibility index (Phi) is 10.7. The van der Waals surface area contributed by atoms with Crippen LogP contribution in [-0.4, -0.2) is 82.6 Å². The first-order valence-electron chi connectivity index (χ1n) is 18.0. The largest absolute Gasteiger partial charge is 0.469 e. The summed E-state index contributed by atoms with van der Waals surface area (Å²) in [5, 5.41) is 0. The lowest BCUT2D eigenvalue weighted by Gasteiger charge is -2.53. The highest BCUT2D eigenvalue weighted by Crippen LogP contribution is 2.63. The maximum atomic E-state index is 13.2. The SMILES string of the molecule is CCC[C@@H]1Cc2cc(OC(=O)N3CCC(N4CCCCC4)CC3)ccc2[C@H]2CC[C@]3(C)[C@@H](OC(=O)[C@@H](N)COP(=O)(O)O)CC[C@H]3[C@H]12. The Morgan fingerprint density at radius 2 is 1.81 bits per heavy atom. The van der Waals surface area contributed by atoms with E-state index in [2.05, 4.69) is 35.4 Å². The molecular formula is C35H54N3O8P. The van der Waals surface area contributed by atoms with Crippen molar-refractivity contribution < 1.29 is 37.9 Å². The smallest absolute Gasteiger partial charge is 0.461 e. The Morgan fingerprint density at radius 1 is 1.06 bits per heavy atom. The number of carbonyl (C=O) groups is 2. The molecule has 0 radical (unpaired) electrons. The molecule has 0 unspecified atom stereocenters. The molecular weight excluding hydrogens is 621 g/mol. The maximum Gasteiger partial charge on any atom is 0.469 e. The number of hydrogen-bond acceptors (Lipinski definition) is 8. The van der Waals surface area contributed by atoms with Crippen LogP contribution in [-0.2, 0) is 25.0 Å². The molecule has 1 aromatic rings. The minimum Gasteiger partial charge on any atom is -0.461 e. The molecule has 0 spiro atoms. The lowest BCUT2D eigenvalue weighted by molar-refractivity contribution is -0.160. The van der Waals surface area contributed by atoms with Gasteiger partial charge in [0.1, 0.15) is 17.9 Å². The van der Waals surface area contributed by atoms with E-state index in [-0.39, 0.29) is 17.6 Å². The number of piperidine rings is 2. The van der Waals surface area contributed by atoms with Gasteiger partial charge in [0.2, 0.25) is 0 Å². The third-order valence-corrected chi connectivity index (χ3v) is 12.7. The van der Waals surface area contributed by atoms with Crippen LogP contribution in [0.15, 0.2) is 18.2 Å². The Morgan fingerprint density at radius 3 is 2.51 bits per heavy atom. The minimum absolute atomic E-state index is 0.193. The molecule has 6 rings (SSSR count). The van der Waals surface area contributed by atoms with Crippen molar-refractivity contribution >= 4 is 19.9 Å². The highest BCUT2D eigenvalue weighted by Gasteiger charge is 2.58. The second-order valence-corrected chi connectivity index (χ2v) is 16.3. The average Bonchev–Trinajstić information content (AvgIpc) is 3.39. The van der Waals surface area contributed by atoms with E-state index in [4.69, 9.17) is 25.0 Å². The molecule has 4 fully saturated rings.